The lowest BCUT2D eigenvalue weighted by atomic mass is 10.1. The van der Waals surface area contributed by atoms with Crippen LogP contribution in [0.2, 0.25) is 10.0 Å². The van der Waals surface area contributed by atoms with Gasteiger partial charge in [-0.25, -0.2) is 4.99 Å². The smallest absolute Gasteiger partial charge is 0.172 e. The molecule has 1 heterocycles. The number of hydrogen-bond acceptors (Lipinski definition) is 5. The zero-order chi connectivity index (χ0) is 18.7. The number of nitrogens with zero attached hydrogens (tertiary/aromatic N) is 1. The third-order valence-corrected chi connectivity index (χ3v) is 5.26. The van der Waals surface area contributed by atoms with Crippen molar-refractivity contribution in [2.45, 2.75) is 0 Å². The summed E-state index contributed by atoms with van der Waals surface area (Å²) in [6.45, 7) is 0. The Balaban J connectivity index is 1.80. The molecule has 0 amide bonds. The van der Waals surface area contributed by atoms with Gasteiger partial charge in [0.25, 0.3) is 0 Å². The predicted molar refractivity (Wildman–Crippen MR) is 115 cm³/mol. The number of rotatable bonds is 4. The van der Waals surface area contributed by atoms with Crippen molar-refractivity contribution >= 4 is 69.1 Å². The van der Waals surface area contributed by atoms with Crippen molar-refractivity contribution in [3.63, 3.8) is 0 Å². The van der Waals surface area contributed by atoms with E-state index >= 15 is 0 Å². The summed E-state index contributed by atoms with van der Waals surface area (Å²) in [6.07, 6.45) is 1.94. The number of methoxy groups -OCH3 is 2. The minimum atomic E-state index is 0.503. The number of ether oxygens (including phenoxy) is 2. The number of benzene rings is 2. The Kier molecular flexibility index (Phi) is 6.09. The summed E-state index contributed by atoms with van der Waals surface area (Å²) < 4.78 is 10.6. The van der Waals surface area contributed by atoms with Crippen molar-refractivity contribution < 1.29 is 9.47 Å². The van der Waals surface area contributed by atoms with E-state index in [0.717, 1.165) is 21.9 Å². The SMILES string of the molecule is COc1ccc(C=C2SC(Nc3cc(Cl)cc(Cl)c3)=NC2=S)c(OC)c1. The second-order valence-electron chi connectivity index (χ2n) is 5.22. The summed E-state index contributed by atoms with van der Waals surface area (Å²) in [5, 5.41) is 4.93. The zero-order valence-electron chi connectivity index (χ0n) is 13.9. The second-order valence-corrected chi connectivity index (χ2v) is 7.51. The molecule has 1 aliphatic rings. The van der Waals surface area contributed by atoms with E-state index in [2.05, 4.69) is 10.3 Å². The quantitative estimate of drug-likeness (QED) is 0.489. The van der Waals surface area contributed by atoms with Crippen molar-refractivity contribution in [1.82, 2.24) is 0 Å². The van der Waals surface area contributed by atoms with Crippen LogP contribution in [0.15, 0.2) is 46.3 Å². The zero-order valence-corrected chi connectivity index (χ0v) is 17.0. The fraction of sp³-hybridized carbons (Fsp3) is 0.111. The lowest BCUT2D eigenvalue weighted by Crippen LogP contribution is -2.04. The largest absolute Gasteiger partial charge is 0.497 e. The summed E-state index contributed by atoms with van der Waals surface area (Å²) in [5.41, 5.74) is 1.64. The van der Waals surface area contributed by atoms with Crippen LogP contribution in [0.4, 0.5) is 5.69 Å². The molecule has 0 unspecified atom stereocenters. The standard InChI is InChI=1S/C18H14Cl2N2O2S2/c1-23-14-4-3-10(15(9-14)24-2)5-16-17(25)22-18(26-16)21-13-7-11(19)6-12(20)8-13/h3-9H,1-2H3,(H,21,22,25). The highest BCUT2D eigenvalue weighted by Gasteiger charge is 2.19. The van der Waals surface area contributed by atoms with E-state index in [4.69, 9.17) is 44.9 Å². The Bertz CT molecular complexity index is 909. The van der Waals surface area contributed by atoms with Gasteiger partial charge in [0, 0.05) is 27.4 Å². The first-order valence-electron chi connectivity index (χ1n) is 7.46. The first kappa shape index (κ1) is 19.0. The van der Waals surface area contributed by atoms with Crippen LogP contribution in [-0.2, 0) is 0 Å². The predicted octanol–water partition coefficient (Wildman–Crippen LogP) is 5.89. The molecule has 3 rings (SSSR count). The molecule has 134 valence electrons. The number of amidine groups is 1. The van der Waals surface area contributed by atoms with Gasteiger partial charge in [-0.15, -0.1) is 0 Å². The molecule has 0 aliphatic carbocycles. The number of aliphatic imine (C=N–C) groups is 1. The number of thioether (sulfide) groups is 1. The maximum atomic E-state index is 6.03. The molecule has 0 atom stereocenters. The molecule has 0 spiro atoms. The third kappa shape index (κ3) is 4.51. The van der Waals surface area contributed by atoms with Gasteiger partial charge in [0.2, 0.25) is 0 Å². The van der Waals surface area contributed by atoms with Crippen molar-refractivity contribution in [1.29, 1.82) is 0 Å². The van der Waals surface area contributed by atoms with Gasteiger partial charge in [-0.2, -0.15) is 0 Å². The van der Waals surface area contributed by atoms with Gasteiger partial charge in [-0.3, -0.25) is 0 Å². The molecule has 2 aromatic carbocycles. The first-order valence-corrected chi connectivity index (χ1v) is 9.44. The maximum absolute atomic E-state index is 6.03. The van der Waals surface area contributed by atoms with Crippen LogP contribution >= 0.6 is 47.2 Å². The number of halogens is 2. The Morgan fingerprint density at radius 1 is 1.08 bits per heavy atom. The average Bonchev–Trinajstić information content (AvgIpc) is 2.93. The summed E-state index contributed by atoms with van der Waals surface area (Å²) >= 11 is 18.9. The van der Waals surface area contributed by atoms with Gasteiger partial charge >= 0.3 is 0 Å². The molecule has 0 fully saturated rings. The van der Waals surface area contributed by atoms with E-state index < -0.39 is 0 Å². The van der Waals surface area contributed by atoms with Crippen molar-refractivity contribution in [2.75, 3.05) is 19.5 Å². The van der Waals surface area contributed by atoms with Crippen LogP contribution in [0.5, 0.6) is 11.5 Å². The number of anilines is 1. The van der Waals surface area contributed by atoms with Gasteiger partial charge in [0.1, 0.15) is 16.5 Å². The highest BCUT2D eigenvalue weighted by atomic mass is 35.5. The van der Waals surface area contributed by atoms with Gasteiger partial charge in [-0.1, -0.05) is 35.4 Å². The van der Waals surface area contributed by atoms with Crippen LogP contribution in [0.25, 0.3) is 6.08 Å². The molecule has 8 heteroatoms. The van der Waals surface area contributed by atoms with E-state index in [1.165, 1.54) is 11.8 Å². The lowest BCUT2D eigenvalue weighted by Gasteiger charge is -2.08. The monoisotopic (exact) mass is 424 g/mol. The normalized spacial score (nSPS) is 15.2. The van der Waals surface area contributed by atoms with Gasteiger partial charge in [0.05, 0.1) is 19.1 Å². The highest BCUT2D eigenvalue weighted by Crippen LogP contribution is 2.34. The molecular weight excluding hydrogens is 411 g/mol. The first-order chi connectivity index (χ1) is 12.5. The summed E-state index contributed by atoms with van der Waals surface area (Å²) in [6, 6.07) is 10.8. The molecule has 2 aromatic rings. The summed E-state index contributed by atoms with van der Waals surface area (Å²) in [4.78, 5) is 5.74. The van der Waals surface area contributed by atoms with Crippen molar-refractivity contribution in [3.05, 3.63) is 56.9 Å². The molecule has 1 aliphatic heterocycles. The number of thiocarbonyl (C=S) groups is 1. The molecular formula is C18H14Cl2N2O2S2. The Morgan fingerprint density at radius 3 is 2.46 bits per heavy atom. The number of hydrogen-bond donors (Lipinski definition) is 1. The molecule has 0 saturated carbocycles. The van der Waals surface area contributed by atoms with Gasteiger partial charge in [-0.05, 0) is 48.2 Å². The number of nitrogens with one attached hydrogen (secondary N) is 1. The fourth-order valence-electron chi connectivity index (χ4n) is 2.29. The van der Waals surface area contributed by atoms with Gasteiger partial charge in [0.15, 0.2) is 5.17 Å². The maximum Gasteiger partial charge on any atom is 0.172 e. The molecule has 1 N–H and O–H groups in total. The average molecular weight is 425 g/mol. The Labute approximate surface area is 171 Å². The molecule has 0 radical (unpaired) electrons. The Hall–Kier alpha value is -1.73. The fourth-order valence-corrected chi connectivity index (χ4v) is 3.98. The van der Waals surface area contributed by atoms with Crippen molar-refractivity contribution in [2.24, 2.45) is 4.99 Å². The topological polar surface area (TPSA) is 42.8 Å². The van der Waals surface area contributed by atoms with Crippen LogP contribution in [-0.4, -0.2) is 24.4 Å². The Morgan fingerprint density at radius 2 is 1.81 bits per heavy atom. The molecule has 26 heavy (non-hydrogen) atoms. The van der Waals surface area contributed by atoms with Crippen molar-refractivity contribution in [3.8, 4) is 11.5 Å². The second kappa shape index (κ2) is 8.31. The van der Waals surface area contributed by atoms with Crippen LogP contribution in [0.1, 0.15) is 5.56 Å². The molecule has 0 saturated heterocycles. The minimum Gasteiger partial charge on any atom is -0.497 e. The highest BCUT2D eigenvalue weighted by molar-refractivity contribution is 8.19. The summed E-state index contributed by atoms with van der Waals surface area (Å²) in [5.74, 6) is 1.42. The van der Waals surface area contributed by atoms with E-state index in [1.807, 2.05) is 24.3 Å². The lowest BCUT2D eigenvalue weighted by molar-refractivity contribution is 0.394. The van der Waals surface area contributed by atoms with E-state index in [0.29, 0.717) is 26.0 Å². The van der Waals surface area contributed by atoms with Crippen LogP contribution in [0.3, 0.4) is 0 Å². The third-order valence-electron chi connectivity index (χ3n) is 3.46. The molecule has 0 bridgehead atoms. The van der Waals surface area contributed by atoms with E-state index in [1.54, 1.807) is 32.4 Å². The van der Waals surface area contributed by atoms with Gasteiger partial charge < -0.3 is 14.8 Å². The minimum absolute atomic E-state index is 0.503. The van der Waals surface area contributed by atoms with E-state index in [9.17, 15) is 0 Å². The molecule has 4 nitrogen and oxygen atoms in total. The summed E-state index contributed by atoms with van der Waals surface area (Å²) in [7, 11) is 3.23. The molecule has 0 aromatic heterocycles. The van der Waals surface area contributed by atoms with Crippen LogP contribution < -0.4 is 14.8 Å². The van der Waals surface area contributed by atoms with E-state index in [-0.39, 0.29) is 0 Å². The van der Waals surface area contributed by atoms with Crippen LogP contribution in [0, 0.1) is 0 Å².